The van der Waals surface area contributed by atoms with E-state index in [1.54, 1.807) is 11.3 Å². The summed E-state index contributed by atoms with van der Waals surface area (Å²) in [6.45, 7) is 7.29. The van der Waals surface area contributed by atoms with Gasteiger partial charge in [-0.2, -0.15) is 0 Å². The van der Waals surface area contributed by atoms with Gasteiger partial charge < -0.3 is 5.32 Å². The molecule has 1 unspecified atom stereocenters. The quantitative estimate of drug-likeness (QED) is 0.749. The molecule has 0 aliphatic heterocycles. The van der Waals surface area contributed by atoms with Crippen molar-refractivity contribution in [2.24, 2.45) is 0 Å². The topological polar surface area (TPSA) is 24.9 Å². The second-order valence-corrected chi connectivity index (χ2v) is 3.91. The van der Waals surface area contributed by atoms with Gasteiger partial charge in [0.05, 0.1) is 17.2 Å². The fourth-order valence-electron chi connectivity index (χ4n) is 1.18. The van der Waals surface area contributed by atoms with Crippen LogP contribution in [0, 0.1) is 0 Å². The van der Waals surface area contributed by atoms with E-state index in [1.165, 1.54) is 5.57 Å². The first-order valence-corrected chi connectivity index (χ1v) is 5.44. The lowest BCUT2D eigenvalue weighted by molar-refractivity contribution is 0.632. The van der Waals surface area contributed by atoms with Gasteiger partial charge in [-0.05, 0) is 20.4 Å². The molecule has 1 rings (SSSR count). The van der Waals surface area contributed by atoms with Crippen molar-refractivity contribution in [3.8, 4) is 0 Å². The molecule has 1 heterocycles. The Balaban J connectivity index is 2.74. The molecule has 0 saturated carbocycles. The minimum absolute atomic E-state index is 0.279. The highest BCUT2D eigenvalue weighted by Gasteiger charge is 2.07. The van der Waals surface area contributed by atoms with E-state index in [0.29, 0.717) is 0 Å². The zero-order valence-corrected chi connectivity index (χ0v) is 9.19. The van der Waals surface area contributed by atoms with Crippen molar-refractivity contribution in [1.82, 2.24) is 10.3 Å². The van der Waals surface area contributed by atoms with Crippen LogP contribution < -0.4 is 5.32 Å². The van der Waals surface area contributed by atoms with Crippen molar-refractivity contribution < 1.29 is 0 Å². The molecule has 3 heteroatoms. The second kappa shape index (κ2) is 5.14. The van der Waals surface area contributed by atoms with Gasteiger partial charge in [0.25, 0.3) is 0 Å². The highest BCUT2D eigenvalue weighted by atomic mass is 32.1. The molecule has 0 spiro atoms. The van der Waals surface area contributed by atoms with E-state index >= 15 is 0 Å². The largest absolute Gasteiger partial charge is 0.306 e. The average Bonchev–Trinajstić information content (AvgIpc) is 2.54. The Morgan fingerprint density at radius 3 is 2.92 bits per heavy atom. The van der Waals surface area contributed by atoms with Crippen molar-refractivity contribution in [1.29, 1.82) is 0 Å². The molecule has 2 nitrogen and oxygen atoms in total. The van der Waals surface area contributed by atoms with Crippen LogP contribution in [-0.2, 0) is 0 Å². The summed E-state index contributed by atoms with van der Waals surface area (Å²) in [5.74, 6) is 0. The monoisotopic (exact) mass is 196 g/mol. The van der Waals surface area contributed by atoms with Crippen molar-refractivity contribution in [3.63, 3.8) is 0 Å². The first kappa shape index (κ1) is 10.4. The highest BCUT2D eigenvalue weighted by Crippen LogP contribution is 2.15. The molecule has 13 heavy (non-hydrogen) atoms. The van der Waals surface area contributed by atoms with E-state index in [1.807, 2.05) is 5.51 Å². The van der Waals surface area contributed by atoms with Crippen LogP contribution in [0.25, 0.3) is 0 Å². The number of aromatic nitrogens is 1. The summed E-state index contributed by atoms with van der Waals surface area (Å²) in [6, 6.07) is 0.279. The standard InChI is InChI=1S/C10H16N2S/c1-4-11-9(5-8(2)3)10-6-13-7-12-10/h5-7,9,11H,4H2,1-3H3. The van der Waals surface area contributed by atoms with E-state index in [-0.39, 0.29) is 6.04 Å². The summed E-state index contributed by atoms with van der Waals surface area (Å²) >= 11 is 1.64. The summed E-state index contributed by atoms with van der Waals surface area (Å²) in [5.41, 5.74) is 4.31. The van der Waals surface area contributed by atoms with Gasteiger partial charge in [-0.15, -0.1) is 11.3 Å². The summed E-state index contributed by atoms with van der Waals surface area (Å²) in [7, 11) is 0. The van der Waals surface area contributed by atoms with Crippen molar-refractivity contribution in [2.45, 2.75) is 26.8 Å². The normalized spacial score (nSPS) is 12.5. The summed E-state index contributed by atoms with van der Waals surface area (Å²) in [6.07, 6.45) is 2.21. The maximum Gasteiger partial charge on any atom is 0.0795 e. The molecular formula is C10H16N2S. The van der Waals surface area contributed by atoms with Gasteiger partial charge in [-0.3, -0.25) is 0 Å². The van der Waals surface area contributed by atoms with Gasteiger partial charge in [0.15, 0.2) is 0 Å². The molecule has 0 bridgehead atoms. The lowest BCUT2D eigenvalue weighted by Gasteiger charge is -2.11. The number of thiazole rings is 1. The highest BCUT2D eigenvalue weighted by molar-refractivity contribution is 7.07. The number of hydrogen-bond acceptors (Lipinski definition) is 3. The molecule has 0 radical (unpaired) electrons. The number of hydrogen-bond donors (Lipinski definition) is 1. The van der Waals surface area contributed by atoms with Crippen LogP contribution in [0.15, 0.2) is 22.5 Å². The van der Waals surface area contributed by atoms with Gasteiger partial charge in [-0.25, -0.2) is 4.98 Å². The minimum atomic E-state index is 0.279. The third-order valence-electron chi connectivity index (χ3n) is 1.69. The Kier molecular flexibility index (Phi) is 4.12. The molecule has 0 amide bonds. The van der Waals surface area contributed by atoms with Gasteiger partial charge in [0.1, 0.15) is 0 Å². The number of allylic oxidation sites excluding steroid dienone is 1. The van der Waals surface area contributed by atoms with Crippen molar-refractivity contribution in [3.05, 3.63) is 28.2 Å². The van der Waals surface area contributed by atoms with Crippen LogP contribution in [-0.4, -0.2) is 11.5 Å². The summed E-state index contributed by atoms with van der Waals surface area (Å²) in [5, 5.41) is 5.47. The van der Waals surface area contributed by atoms with Crippen molar-refractivity contribution >= 4 is 11.3 Å². The average molecular weight is 196 g/mol. The maximum atomic E-state index is 4.30. The van der Waals surface area contributed by atoms with Crippen LogP contribution in [0.2, 0.25) is 0 Å². The Labute approximate surface area is 83.7 Å². The zero-order chi connectivity index (χ0) is 9.68. The van der Waals surface area contributed by atoms with Gasteiger partial charge in [0.2, 0.25) is 0 Å². The molecule has 72 valence electrons. The third kappa shape index (κ3) is 3.28. The van der Waals surface area contributed by atoms with Crippen molar-refractivity contribution in [2.75, 3.05) is 6.54 Å². The first-order valence-electron chi connectivity index (χ1n) is 4.50. The lowest BCUT2D eigenvalue weighted by Crippen LogP contribution is -2.19. The molecule has 1 atom stereocenters. The van der Waals surface area contributed by atoms with E-state index in [2.05, 4.69) is 42.5 Å². The molecule has 1 aromatic rings. The maximum absolute atomic E-state index is 4.30. The van der Waals surface area contributed by atoms with Gasteiger partial charge in [0, 0.05) is 5.38 Å². The molecule has 0 saturated heterocycles. The smallest absolute Gasteiger partial charge is 0.0795 e. The Morgan fingerprint density at radius 1 is 1.69 bits per heavy atom. The minimum Gasteiger partial charge on any atom is -0.306 e. The third-order valence-corrected chi connectivity index (χ3v) is 2.30. The van der Waals surface area contributed by atoms with Crippen LogP contribution in [0.4, 0.5) is 0 Å². The molecule has 0 aliphatic rings. The number of nitrogens with one attached hydrogen (secondary N) is 1. The number of nitrogens with zero attached hydrogens (tertiary/aromatic N) is 1. The van der Waals surface area contributed by atoms with E-state index in [9.17, 15) is 0 Å². The van der Waals surface area contributed by atoms with Gasteiger partial charge >= 0.3 is 0 Å². The van der Waals surface area contributed by atoms with Crippen LogP contribution >= 0.6 is 11.3 Å². The van der Waals surface area contributed by atoms with Crippen LogP contribution in [0.1, 0.15) is 32.5 Å². The van der Waals surface area contributed by atoms with E-state index < -0.39 is 0 Å². The summed E-state index contributed by atoms with van der Waals surface area (Å²) in [4.78, 5) is 4.30. The van der Waals surface area contributed by atoms with E-state index in [4.69, 9.17) is 0 Å². The molecule has 0 fully saturated rings. The summed E-state index contributed by atoms with van der Waals surface area (Å²) < 4.78 is 0. The predicted octanol–water partition coefficient (Wildman–Crippen LogP) is 2.76. The Hall–Kier alpha value is -0.670. The van der Waals surface area contributed by atoms with Gasteiger partial charge in [-0.1, -0.05) is 18.6 Å². The zero-order valence-electron chi connectivity index (χ0n) is 8.37. The SMILES string of the molecule is CCNC(C=C(C)C)c1cscn1. The Morgan fingerprint density at radius 2 is 2.46 bits per heavy atom. The van der Waals surface area contributed by atoms with E-state index in [0.717, 1.165) is 12.2 Å². The number of rotatable bonds is 4. The fourth-order valence-corrected chi connectivity index (χ4v) is 1.77. The predicted molar refractivity (Wildman–Crippen MR) is 58.0 cm³/mol. The number of likely N-dealkylation sites (N-methyl/N-ethyl adjacent to an activating group) is 1. The molecule has 0 aliphatic carbocycles. The molecular weight excluding hydrogens is 180 g/mol. The molecule has 1 aromatic heterocycles. The molecule has 1 N–H and O–H groups in total. The van der Waals surface area contributed by atoms with Crippen LogP contribution in [0.3, 0.4) is 0 Å². The van der Waals surface area contributed by atoms with Crippen LogP contribution in [0.5, 0.6) is 0 Å². The molecule has 0 aromatic carbocycles. The fraction of sp³-hybridized carbons (Fsp3) is 0.500. The lowest BCUT2D eigenvalue weighted by atomic mass is 10.1. The first-order chi connectivity index (χ1) is 6.24. The Bertz CT molecular complexity index is 260. The second-order valence-electron chi connectivity index (χ2n) is 3.19.